The maximum atomic E-state index is 13.3. The van der Waals surface area contributed by atoms with Crippen molar-refractivity contribution in [3.05, 3.63) is 113 Å². The van der Waals surface area contributed by atoms with Crippen LogP contribution < -0.4 is 30.0 Å². The number of thiophene rings is 1. The summed E-state index contributed by atoms with van der Waals surface area (Å²) >= 11 is -1.42. The smallest absolute Gasteiger partial charge is 1.00 e. The fourth-order valence-corrected chi connectivity index (χ4v) is 13.0. The van der Waals surface area contributed by atoms with Gasteiger partial charge in [-0.1, -0.05) is 0 Å². The van der Waals surface area contributed by atoms with Gasteiger partial charge in [0, 0.05) is 0 Å². The topological polar surface area (TPSA) is 17.1 Å². The molecule has 4 rings (SSSR count). The molecule has 0 saturated heterocycles. The Morgan fingerprint density at radius 2 is 1.07 bits per heavy atom. The molecule has 0 amide bonds. The number of ketones is 1. The van der Waals surface area contributed by atoms with Crippen LogP contribution in [-0.2, 0) is 0 Å². The first kappa shape index (κ1) is 20.8. The molecule has 140 valence electrons. The van der Waals surface area contributed by atoms with Crippen LogP contribution in [0.15, 0.2) is 109 Å². The van der Waals surface area contributed by atoms with Gasteiger partial charge in [0.05, 0.1) is 0 Å². The standard InChI is InChI=1S/C24H20AsOS.BrH/c26-23(24-17-10-18-27-24)19-25(20-11-4-1-5-12-20,21-13-6-2-7-14-21)22-15-8-3-9-16-22;/h1-18H,19H2;1H/q+1;/p-1. The van der Waals surface area contributed by atoms with Gasteiger partial charge in [-0.25, -0.2) is 0 Å². The van der Waals surface area contributed by atoms with Gasteiger partial charge in [-0.3, -0.25) is 0 Å². The molecular weight excluding hydrogens is 491 g/mol. The summed E-state index contributed by atoms with van der Waals surface area (Å²) in [6.45, 7) is 0. The fourth-order valence-electron chi connectivity index (χ4n) is 3.50. The Bertz CT molecular complexity index is 906. The van der Waals surface area contributed by atoms with Crippen molar-refractivity contribution in [2.45, 2.75) is 5.21 Å². The van der Waals surface area contributed by atoms with Crippen molar-refractivity contribution < 1.29 is 21.8 Å². The predicted octanol–water partition coefficient (Wildman–Crippen LogP) is 1.11. The monoisotopic (exact) mass is 510 g/mol. The third-order valence-corrected chi connectivity index (χ3v) is 14.7. The normalized spacial score (nSPS) is 10.9. The zero-order valence-corrected chi connectivity index (χ0v) is 19.5. The van der Waals surface area contributed by atoms with Crippen molar-refractivity contribution in [1.29, 1.82) is 0 Å². The Morgan fingerprint density at radius 3 is 1.43 bits per heavy atom. The van der Waals surface area contributed by atoms with E-state index in [0.717, 1.165) is 4.88 Å². The average molecular weight is 511 g/mol. The van der Waals surface area contributed by atoms with E-state index < -0.39 is 13.6 Å². The van der Waals surface area contributed by atoms with E-state index in [-0.39, 0.29) is 22.8 Å². The summed E-state index contributed by atoms with van der Waals surface area (Å²) in [5.41, 5.74) is 0. The van der Waals surface area contributed by atoms with Crippen LogP contribution in [0.3, 0.4) is 0 Å². The van der Waals surface area contributed by atoms with Gasteiger partial charge in [-0.2, -0.15) is 0 Å². The summed E-state index contributed by atoms with van der Waals surface area (Å²) in [7, 11) is 0. The molecule has 3 aromatic carbocycles. The zero-order valence-electron chi connectivity index (χ0n) is 15.2. The minimum Gasteiger partial charge on any atom is -1.00 e. The summed E-state index contributed by atoms with van der Waals surface area (Å²) in [6, 6.07) is 35.8. The van der Waals surface area contributed by atoms with E-state index >= 15 is 0 Å². The van der Waals surface area contributed by atoms with E-state index in [1.54, 1.807) is 0 Å². The predicted molar refractivity (Wildman–Crippen MR) is 117 cm³/mol. The second-order valence-electron chi connectivity index (χ2n) is 6.37. The van der Waals surface area contributed by atoms with E-state index in [1.165, 1.54) is 24.4 Å². The maximum Gasteiger partial charge on any atom is -1.00 e. The van der Waals surface area contributed by atoms with Gasteiger partial charge in [0.25, 0.3) is 0 Å². The van der Waals surface area contributed by atoms with Crippen LogP contribution in [0.25, 0.3) is 0 Å². The van der Waals surface area contributed by atoms with Gasteiger partial charge in [0.1, 0.15) is 0 Å². The van der Waals surface area contributed by atoms with Crippen LogP contribution in [0, 0.1) is 0 Å². The zero-order chi connectivity index (χ0) is 18.5. The first-order valence-electron chi connectivity index (χ1n) is 8.92. The van der Waals surface area contributed by atoms with Crippen molar-refractivity contribution in [2.24, 2.45) is 0 Å². The van der Waals surface area contributed by atoms with Crippen LogP contribution in [0.1, 0.15) is 9.67 Å². The molecule has 0 spiro atoms. The van der Waals surface area contributed by atoms with E-state index in [0.29, 0.717) is 5.21 Å². The Hall–Kier alpha value is -1.93. The molecular formula is C24H20AsBrOS. The first-order chi connectivity index (χ1) is 13.3. The Labute approximate surface area is 183 Å². The molecule has 0 unspecified atom stereocenters. The molecule has 28 heavy (non-hydrogen) atoms. The summed E-state index contributed by atoms with van der Waals surface area (Å²) in [4.78, 5) is 14.1. The number of benzene rings is 3. The molecule has 1 nitrogen and oxygen atoms in total. The SMILES string of the molecule is O=C(C[As+](c1ccccc1)(c1ccccc1)c1ccccc1)c1cccs1.[Br-]. The molecule has 4 aromatic rings. The third kappa shape index (κ3) is 4.07. The van der Waals surface area contributed by atoms with Gasteiger partial charge in [0.15, 0.2) is 0 Å². The molecule has 0 saturated carbocycles. The fraction of sp³-hybridized carbons (Fsp3) is 0.0417. The van der Waals surface area contributed by atoms with Crippen LogP contribution in [0.2, 0.25) is 5.21 Å². The van der Waals surface area contributed by atoms with E-state index in [2.05, 4.69) is 72.8 Å². The molecule has 0 atom stereocenters. The van der Waals surface area contributed by atoms with Gasteiger partial charge in [-0.05, 0) is 0 Å². The van der Waals surface area contributed by atoms with Crippen molar-refractivity contribution >= 4 is 43.7 Å². The molecule has 0 aliphatic carbocycles. The molecule has 0 radical (unpaired) electrons. The van der Waals surface area contributed by atoms with Crippen LogP contribution in [0.4, 0.5) is 0 Å². The number of carbonyl (C=O) groups excluding carboxylic acids is 1. The molecule has 0 aliphatic heterocycles. The van der Waals surface area contributed by atoms with Gasteiger partial charge < -0.3 is 17.0 Å². The minimum absolute atomic E-state index is 0. The number of carbonyl (C=O) groups is 1. The summed E-state index contributed by atoms with van der Waals surface area (Å²) in [5.74, 6) is 0.244. The number of hydrogen-bond donors (Lipinski definition) is 0. The quantitative estimate of drug-likeness (QED) is 0.280. The number of rotatable bonds is 6. The Balaban J connectivity index is 0.00000225. The number of hydrogen-bond acceptors (Lipinski definition) is 2. The molecule has 0 fully saturated rings. The molecule has 4 heteroatoms. The largest absolute Gasteiger partial charge is 1.00 e. The van der Waals surface area contributed by atoms with Gasteiger partial charge >= 0.3 is 167 Å². The maximum absolute atomic E-state index is 13.3. The molecule has 0 N–H and O–H groups in total. The Morgan fingerprint density at radius 1 is 0.643 bits per heavy atom. The van der Waals surface area contributed by atoms with Crippen molar-refractivity contribution in [1.82, 2.24) is 0 Å². The van der Waals surface area contributed by atoms with Crippen molar-refractivity contribution in [3.63, 3.8) is 0 Å². The van der Waals surface area contributed by atoms with E-state index in [1.807, 2.05) is 35.7 Å². The summed E-state index contributed by atoms with van der Waals surface area (Å²) < 4.78 is 3.91. The molecule has 0 aliphatic rings. The minimum atomic E-state index is -2.95. The van der Waals surface area contributed by atoms with Crippen LogP contribution >= 0.6 is 11.3 Å². The Kier molecular flexibility index (Phi) is 7.07. The van der Waals surface area contributed by atoms with Crippen LogP contribution in [0.5, 0.6) is 0 Å². The second-order valence-corrected chi connectivity index (χ2v) is 14.6. The summed E-state index contributed by atoms with van der Waals surface area (Å²) in [5, 5.41) is 2.55. The van der Waals surface area contributed by atoms with E-state index in [4.69, 9.17) is 0 Å². The molecule has 1 aromatic heterocycles. The van der Waals surface area contributed by atoms with Crippen molar-refractivity contribution in [3.8, 4) is 0 Å². The number of Topliss-reactive ketones (excluding diaryl/α,β-unsaturated/α-hetero) is 1. The molecule has 1 heterocycles. The van der Waals surface area contributed by atoms with Crippen LogP contribution in [-0.4, -0.2) is 19.3 Å². The molecule has 0 bridgehead atoms. The van der Waals surface area contributed by atoms with Gasteiger partial charge in [-0.15, -0.1) is 0 Å². The summed E-state index contributed by atoms with van der Waals surface area (Å²) in [6.07, 6.45) is 0. The third-order valence-electron chi connectivity index (χ3n) is 4.77. The first-order valence-corrected chi connectivity index (χ1v) is 13.9. The van der Waals surface area contributed by atoms with Gasteiger partial charge in [0.2, 0.25) is 0 Å². The number of halogens is 1. The van der Waals surface area contributed by atoms with Crippen molar-refractivity contribution in [2.75, 3.05) is 0 Å². The average Bonchev–Trinajstić information content (AvgIpc) is 3.29. The second kappa shape index (κ2) is 9.51. The van der Waals surface area contributed by atoms with E-state index in [9.17, 15) is 4.79 Å².